The maximum absolute atomic E-state index is 5.30. The average Bonchev–Trinajstić information content (AvgIpc) is 2.18. The fourth-order valence-corrected chi connectivity index (χ4v) is 1.56. The fourth-order valence-electron chi connectivity index (χ4n) is 1.56. The van der Waals surface area contributed by atoms with Gasteiger partial charge in [-0.3, -0.25) is 0 Å². The summed E-state index contributed by atoms with van der Waals surface area (Å²) in [6.45, 7) is 3.05. The van der Waals surface area contributed by atoms with Crippen LogP contribution < -0.4 is 10.1 Å². The van der Waals surface area contributed by atoms with Crippen molar-refractivity contribution in [2.24, 2.45) is 0 Å². The van der Waals surface area contributed by atoms with E-state index in [1.807, 2.05) is 19.2 Å². The topological polar surface area (TPSA) is 21.3 Å². The molecule has 0 saturated heterocycles. The van der Waals surface area contributed by atoms with Crippen LogP contribution in [-0.2, 0) is 13.0 Å². The lowest BCUT2D eigenvalue weighted by atomic mass is 10.0. The molecule has 0 aliphatic heterocycles. The number of nitrogens with one attached hydrogen (secondary N) is 1. The standard InChI is InChI=1S/C11H17NO/c1-4-10-9(8-12-2)6-5-7-11(10)13-3/h5-7,12H,4,8H2,1-3H3. The summed E-state index contributed by atoms with van der Waals surface area (Å²) in [5.74, 6) is 0.996. The first kappa shape index (κ1) is 10.1. The molecule has 1 aromatic carbocycles. The second-order valence-corrected chi connectivity index (χ2v) is 2.98. The largest absolute Gasteiger partial charge is 0.496 e. The number of methoxy groups -OCH3 is 1. The van der Waals surface area contributed by atoms with Gasteiger partial charge >= 0.3 is 0 Å². The van der Waals surface area contributed by atoms with Gasteiger partial charge in [0.15, 0.2) is 0 Å². The van der Waals surface area contributed by atoms with Gasteiger partial charge < -0.3 is 10.1 Å². The first-order valence-electron chi connectivity index (χ1n) is 4.62. The van der Waals surface area contributed by atoms with E-state index in [0.717, 1.165) is 18.7 Å². The molecule has 0 spiro atoms. The highest BCUT2D eigenvalue weighted by molar-refractivity contribution is 5.40. The monoisotopic (exact) mass is 179 g/mol. The number of hydrogen-bond donors (Lipinski definition) is 1. The zero-order valence-corrected chi connectivity index (χ0v) is 8.55. The summed E-state index contributed by atoms with van der Waals surface area (Å²) in [4.78, 5) is 0. The molecule has 0 bridgehead atoms. The second kappa shape index (κ2) is 4.87. The molecule has 0 radical (unpaired) electrons. The number of benzene rings is 1. The Morgan fingerprint density at radius 1 is 1.38 bits per heavy atom. The molecule has 0 atom stereocenters. The summed E-state index contributed by atoms with van der Waals surface area (Å²) in [5.41, 5.74) is 2.63. The molecule has 0 fully saturated rings. The molecule has 2 nitrogen and oxygen atoms in total. The van der Waals surface area contributed by atoms with E-state index in [1.54, 1.807) is 7.11 Å². The van der Waals surface area contributed by atoms with Crippen LogP contribution in [0.1, 0.15) is 18.1 Å². The third-order valence-corrected chi connectivity index (χ3v) is 2.17. The number of ether oxygens (including phenoxy) is 1. The van der Waals surface area contributed by atoms with Crippen molar-refractivity contribution in [2.45, 2.75) is 19.9 Å². The molecule has 0 saturated carbocycles. The Bertz CT molecular complexity index is 271. The molecule has 13 heavy (non-hydrogen) atoms. The van der Waals surface area contributed by atoms with Crippen molar-refractivity contribution < 1.29 is 4.74 Å². The summed E-state index contributed by atoms with van der Waals surface area (Å²) >= 11 is 0. The molecular weight excluding hydrogens is 162 g/mol. The molecule has 0 aromatic heterocycles. The molecule has 1 aromatic rings. The Hall–Kier alpha value is -1.02. The van der Waals surface area contributed by atoms with Crippen LogP contribution in [0.4, 0.5) is 0 Å². The van der Waals surface area contributed by atoms with Crippen molar-refractivity contribution in [1.82, 2.24) is 5.32 Å². The predicted molar refractivity (Wildman–Crippen MR) is 55.1 cm³/mol. The Morgan fingerprint density at radius 2 is 2.15 bits per heavy atom. The van der Waals surface area contributed by atoms with E-state index >= 15 is 0 Å². The van der Waals surface area contributed by atoms with Crippen molar-refractivity contribution in [2.75, 3.05) is 14.2 Å². The van der Waals surface area contributed by atoms with Gasteiger partial charge in [-0.1, -0.05) is 19.1 Å². The molecule has 2 heteroatoms. The van der Waals surface area contributed by atoms with E-state index in [0.29, 0.717) is 0 Å². The summed E-state index contributed by atoms with van der Waals surface area (Å²) < 4.78 is 5.30. The first-order chi connectivity index (χ1) is 6.33. The molecule has 0 aliphatic carbocycles. The average molecular weight is 179 g/mol. The molecule has 0 unspecified atom stereocenters. The lowest BCUT2D eigenvalue weighted by Gasteiger charge is -2.11. The molecular formula is C11H17NO. The van der Waals surface area contributed by atoms with Crippen molar-refractivity contribution in [3.63, 3.8) is 0 Å². The molecule has 0 aliphatic rings. The van der Waals surface area contributed by atoms with E-state index in [2.05, 4.69) is 18.3 Å². The summed E-state index contributed by atoms with van der Waals surface area (Å²) in [6.07, 6.45) is 1.01. The van der Waals surface area contributed by atoms with Gasteiger partial charge in [-0.25, -0.2) is 0 Å². The normalized spacial score (nSPS) is 10.1. The van der Waals surface area contributed by atoms with Crippen molar-refractivity contribution in [3.05, 3.63) is 29.3 Å². The van der Waals surface area contributed by atoms with Crippen LogP contribution in [0.5, 0.6) is 5.75 Å². The Balaban J connectivity index is 3.03. The zero-order valence-electron chi connectivity index (χ0n) is 8.55. The molecule has 72 valence electrons. The van der Waals surface area contributed by atoms with E-state index in [1.165, 1.54) is 11.1 Å². The van der Waals surface area contributed by atoms with Gasteiger partial charge in [0.05, 0.1) is 7.11 Å². The number of rotatable bonds is 4. The maximum Gasteiger partial charge on any atom is 0.122 e. The van der Waals surface area contributed by atoms with Gasteiger partial charge in [0, 0.05) is 6.54 Å². The smallest absolute Gasteiger partial charge is 0.122 e. The quantitative estimate of drug-likeness (QED) is 0.763. The van der Waals surface area contributed by atoms with E-state index in [-0.39, 0.29) is 0 Å². The van der Waals surface area contributed by atoms with Crippen molar-refractivity contribution in [3.8, 4) is 5.75 Å². The fraction of sp³-hybridized carbons (Fsp3) is 0.455. The van der Waals surface area contributed by atoms with Crippen molar-refractivity contribution in [1.29, 1.82) is 0 Å². The lowest BCUT2D eigenvalue weighted by molar-refractivity contribution is 0.409. The van der Waals surface area contributed by atoms with Crippen LogP contribution in [0.2, 0.25) is 0 Å². The molecule has 1 rings (SSSR count). The lowest BCUT2D eigenvalue weighted by Crippen LogP contribution is -2.08. The van der Waals surface area contributed by atoms with E-state index in [9.17, 15) is 0 Å². The minimum absolute atomic E-state index is 0.903. The summed E-state index contributed by atoms with van der Waals surface area (Å²) in [5, 5.41) is 3.15. The summed E-state index contributed by atoms with van der Waals surface area (Å²) in [7, 11) is 3.68. The second-order valence-electron chi connectivity index (χ2n) is 2.98. The van der Waals surface area contributed by atoms with E-state index in [4.69, 9.17) is 4.74 Å². The van der Waals surface area contributed by atoms with Crippen LogP contribution in [0.25, 0.3) is 0 Å². The molecule has 0 amide bonds. The summed E-state index contributed by atoms with van der Waals surface area (Å²) in [6, 6.07) is 6.18. The van der Waals surface area contributed by atoms with Crippen LogP contribution in [0, 0.1) is 0 Å². The zero-order chi connectivity index (χ0) is 9.68. The highest BCUT2D eigenvalue weighted by atomic mass is 16.5. The highest BCUT2D eigenvalue weighted by Gasteiger charge is 2.05. The number of hydrogen-bond acceptors (Lipinski definition) is 2. The Labute approximate surface area is 79.9 Å². The van der Waals surface area contributed by atoms with Crippen LogP contribution in [0.15, 0.2) is 18.2 Å². The molecule has 0 heterocycles. The van der Waals surface area contributed by atoms with Gasteiger partial charge in [0.25, 0.3) is 0 Å². The highest BCUT2D eigenvalue weighted by Crippen LogP contribution is 2.22. The minimum atomic E-state index is 0.903. The van der Waals surface area contributed by atoms with Gasteiger partial charge in [0.1, 0.15) is 5.75 Å². The maximum atomic E-state index is 5.30. The van der Waals surface area contributed by atoms with Crippen LogP contribution in [0.3, 0.4) is 0 Å². The van der Waals surface area contributed by atoms with Gasteiger partial charge in [-0.05, 0) is 30.7 Å². The SMILES string of the molecule is CCc1c(CNC)cccc1OC. The Kier molecular flexibility index (Phi) is 3.77. The van der Waals surface area contributed by atoms with Crippen LogP contribution >= 0.6 is 0 Å². The predicted octanol–water partition coefficient (Wildman–Crippen LogP) is 1.98. The van der Waals surface area contributed by atoms with Gasteiger partial charge in [-0.15, -0.1) is 0 Å². The van der Waals surface area contributed by atoms with Gasteiger partial charge in [0.2, 0.25) is 0 Å². The Morgan fingerprint density at radius 3 is 2.69 bits per heavy atom. The molecule has 1 N–H and O–H groups in total. The third-order valence-electron chi connectivity index (χ3n) is 2.17. The minimum Gasteiger partial charge on any atom is -0.496 e. The van der Waals surface area contributed by atoms with Crippen molar-refractivity contribution >= 4 is 0 Å². The van der Waals surface area contributed by atoms with Crippen LogP contribution in [-0.4, -0.2) is 14.2 Å². The van der Waals surface area contributed by atoms with E-state index < -0.39 is 0 Å². The first-order valence-corrected chi connectivity index (χ1v) is 4.62. The van der Waals surface area contributed by atoms with Gasteiger partial charge in [-0.2, -0.15) is 0 Å². The third kappa shape index (κ3) is 2.22.